The summed E-state index contributed by atoms with van der Waals surface area (Å²) in [5.41, 5.74) is 4.41. The molecule has 5 N–H and O–H groups in total. The molecule has 0 spiro atoms. The number of alkyl halides is 3. The van der Waals surface area contributed by atoms with Crippen LogP contribution in [0.5, 0.6) is 0 Å². The van der Waals surface area contributed by atoms with Gasteiger partial charge in [0.1, 0.15) is 0 Å². The highest BCUT2D eigenvalue weighted by Gasteiger charge is 2.31. The molecule has 0 aliphatic carbocycles. The highest BCUT2D eigenvalue weighted by molar-refractivity contribution is 6.00. The monoisotopic (exact) mass is 374 g/mol. The van der Waals surface area contributed by atoms with E-state index in [1.165, 1.54) is 6.92 Å². The Bertz CT molecular complexity index is 690. The van der Waals surface area contributed by atoms with Gasteiger partial charge in [0.05, 0.1) is 29.5 Å². The quantitative estimate of drug-likeness (QED) is 0.607. The lowest BCUT2D eigenvalue weighted by molar-refractivity contribution is -0.137. The summed E-state index contributed by atoms with van der Waals surface area (Å²) in [6.07, 6.45) is -4.62. The maximum atomic E-state index is 12.8. The van der Waals surface area contributed by atoms with Crippen molar-refractivity contribution in [2.75, 3.05) is 17.2 Å². The molecule has 0 unspecified atom stereocenters. The molecule has 0 fully saturated rings. The van der Waals surface area contributed by atoms with Gasteiger partial charge in [0, 0.05) is 6.92 Å². The molecule has 0 saturated heterocycles. The second kappa shape index (κ2) is 8.65. The van der Waals surface area contributed by atoms with Gasteiger partial charge in [0.25, 0.3) is 0 Å². The molecular weight excluding hydrogens is 353 g/mol. The van der Waals surface area contributed by atoms with Gasteiger partial charge in [-0.2, -0.15) is 13.2 Å². The minimum atomic E-state index is -4.62. The Morgan fingerprint density at radius 2 is 1.73 bits per heavy atom. The maximum absolute atomic E-state index is 12.8. The second-order valence-corrected chi connectivity index (χ2v) is 5.98. The summed E-state index contributed by atoms with van der Waals surface area (Å²) in [4.78, 5) is 34.8. The van der Waals surface area contributed by atoms with Crippen molar-refractivity contribution in [1.29, 1.82) is 0 Å². The van der Waals surface area contributed by atoms with E-state index in [1.54, 1.807) is 13.8 Å². The molecule has 1 aromatic rings. The standard InChI is InChI=1S/C16H21F3N4O3/c1-8(2)14(20)15(26)21-7-13(25)23-12-6-10(16(17,18)19)4-5-11(12)22-9(3)24/h4-6,8,14H,7,20H2,1-3H3,(H,21,26)(H,22,24)(H,23,25)/t14-/m0/s1. The topological polar surface area (TPSA) is 113 Å². The minimum absolute atomic E-state index is 0.00376. The van der Waals surface area contributed by atoms with Gasteiger partial charge < -0.3 is 21.7 Å². The predicted octanol–water partition coefficient (Wildman–Crippen LogP) is 1.70. The van der Waals surface area contributed by atoms with Crippen molar-refractivity contribution in [3.8, 4) is 0 Å². The summed E-state index contributed by atoms with van der Waals surface area (Å²) in [6.45, 7) is 4.16. The summed E-state index contributed by atoms with van der Waals surface area (Å²) in [7, 11) is 0. The summed E-state index contributed by atoms with van der Waals surface area (Å²) in [5.74, 6) is -1.98. The largest absolute Gasteiger partial charge is 0.416 e. The number of hydrogen-bond acceptors (Lipinski definition) is 4. The molecule has 26 heavy (non-hydrogen) atoms. The van der Waals surface area contributed by atoms with Crippen LogP contribution in [-0.2, 0) is 20.6 Å². The number of nitrogens with two attached hydrogens (primary N) is 1. The van der Waals surface area contributed by atoms with Crippen LogP contribution in [0.25, 0.3) is 0 Å². The number of carbonyl (C=O) groups is 3. The fourth-order valence-electron chi connectivity index (χ4n) is 1.91. The van der Waals surface area contributed by atoms with Crippen molar-refractivity contribution in [1.82, 2.24) is 5.32 Å². The Hall–Kier alpha value is -2.62. The van der Waals surface area contributed by atoms with Crippen molar-refractivity contribution in [2.24, 2.45) is 11.7 Å². The summed E-state index contributed by atoms with van der Waals surface area (Å²) in [5, 5.41) is 6.87. The van der Waals surface area contributed by atoms with Gasteiger partial charge in [0.15, 0.2) is 0 Å². The van der Waals surface area contributed by atoms with Gasteiger partial charge in [0.2, 0.25) is 17.7 Å². The average Bonchev–Trinajstić information content (AvgIpc) is 2.51. The van der Waals surface area contributed by atoms with Crippen LogP contribution in [0.4, 0.5) is 24.5 Å². The van der Waals surface area contributed by atoms with Crippen LogP contribution in [0.2, 0.25) is 0 Å². The summed E-state index contributed by atoms with van der Waals surface area (Å²) >= 11 is 0. The lowest BCUT2D eigenvalue weighted by Gasteiger charge is -2.17. The van der Waals surface area contributed by atoms with E-state index < -0.39 is 42.0 Å². The molecule has 1 aromatic carbocycles. The molecule has 0 heterocycles. The Morgan fingerprint density at radius 3 is 2.23 bits per heavy atom. The van der Waals surface area contributed by atoms with Gasteiger partial charge in [-0.1, -0.05) is 13.8 Å². The third-order valence-corrected chi connectivity index (χ3v) is 3.38. The third-order valence-electron chi connectivity index (χ3n) is 3.38. The van der Waals surface area contributed by atoms with Crippen molar-refractivity contribution < 1.29 is 27.6 Å². The number of rotatable bonds is 6. The van der Waals surface area contributed by atoms with E-state index >= 15 is 0 Å². The van der Waals surface area contributed by atoms with E-state index in [2.05, 4.69) is 16.0 Å². The van der Waals surface area contributed by atoms with E-state index in [9.17, 15) is 27.6 Å². The molecule has 10 heteroatoms. The predicted molar refractivity (Wildman–Crippen MR) is 90.2 cm³/mol. The molecule has 0 aliphatic rings. The molecule has 7 nitrogen and oxygen atoms in total. The van der Waals surface area contributed by atoms with Gasteiger partial charge in [-0.25, -0.2) is 0 Å². The number of anilines is 2. The van der Waals surface area contributed by atoms with Crippen molar-refractivity contribution in [2.45, 2.75) is 33.0 Å². The fourth-order valence-corrected chi connectivity index (χ4v) is 1.91. The van der Waals surface area contributed by atoms with Crippen LogP contribution in [0.3, 0.4) is 0 Å². The number of halogens is 3. The SMILES string of the molecule is CC(=O)Nc1ccc(C(F)(F)F)cc1NC(=O)CNC(=O)[C@@H](N)C(C)C. The molecule has 1 rings (SSSR count). The first kappa shape index (κ1) is 21.4. The Kier molecular flexibility index (Phi) is 7.13. The normalized spacial score (nSPS) is 12.5. The van der Waals surface area contributed by atoms with Gasteiger partial charge >= 0.3 is 6.18 Å². The fraction of sp³-hybridized carbons (Fsp3) is 0.438. The summed E-state index contributed by atoms with van der Waals surface area (Å²) < 4.78 is 38.5. The molecule has 0 radical (unpaired) electrons. The highest BCUT2D eigenvalue weighted by Crippen LogP contribution is 2.34. The van der Waals surface area contributed by atoms with Gasteiger partial charge in [-0.05, 0) is 24.1 Å². The first-order valence-electron chi connectivity index (χ1n) is 7.73. The first-order valence-corrected chi connectivity index (χ1v) is 7.73. The van der Waals surface area contributed by atoms with Crippen LogP contribution in [-0.4, -0.2) is 30.3 Å². The van der Waals surface area contributed by atoms with E-state index in [1.807, 2.05) is 0 Å². The van der Waals surface area contributed by atoms with Crippen molar-refractivity contribution in [3.63, 3.8) is 0 Å². The number of benzene rings is 1. The number of amides is 3. The molecule has 1 atom stereocenters. The zero-order valence-corrected chi connectivity index (χ0v) is 14.5. The van der Waals surface area contributed by atoms with Crippen molar-refractivity contribution >= 4 is 29.1 Å². The van der Waals surface area contributed by atoms with Gasteiger partial charge in [-0.3, -0.25) is 14.4 Å². The zero-order valence-electron chi connectivity index (χ0n) is 14.5. The number of carbonyl (C=O) groups excluding carboxylic acids is 3. The van der Waals surface area contributed by atoms with Gasteiger partial charge in [-0.15, -0.1) is 0 Å². The zero-order chi connectivity index (χ0) is 20.1. The maximum Gasteiger partial charge on any atom is 0.416 e. The Labute approximate surface area is 148 Å². The van der Waals surface area contributed by atoms with E-state index in [0.717, 1.165) is 12.1 Å². The molecular formula is C16H21F3N4O3. The van der Waals surface area contributed by atoms with Crippen LogP contribution in [0, 0.1) is 5.92 Å². The second-order valence-electron chi connectivity index (χ2n) is 5.98. The minimum Gasteiger partial charge on any atom is -0.346 e. The van der Waals surface area contributed by atoms with E-state index in [0.29, 0.717) is 6.07 Å². The van der Waals surface area contributed by atoms with E-state index in [4.69, 9.17) is 5.73 Å². The number of hydrogen-bond donors (Lipinski definition) is 4. The number of nitrogens with one attached hydrogen (secondary N) is 3. The van der Waals surface area contributed by atoms with Crippen LogP contribution < -0.4 is 21.7 Å². The molecule has 0 bridgehead atoms. The molecule has 144 valence electrons. The van der Waals surface area contributed by atoms with Crippen LogP contribution in [0.1, 0.15) is 26.3 Å². The van der Waals surface area contributed by atoms with Crippen LogP contribution in [0.15, 0.2) is 18.2 Å². The molecule has 0 aliphatic heterocycles. The first-order chi connectivity index (χ1) is 11.9. The summed E-state index contributed by atoms with van der Waals surface area (Å²) in [6, 6.07) is 1.70. The van der Waals surface area contributed by atoms with Crippen LogP contribution >= 0.6 is 0 Å². The smallest absolute Gasteiger partial charge is 0.346 e. The lowest BCUT2D eigenvalue weighted by atomic mass is 10.1. The van der Waals surface area contributed by atoms with Crippen molar-refractivity contribution in [3.05, 3.63) is 23.8 Å². The highest BCUT2D eigenvalue weighted by atomic mass is 19.4. The molecule has 3 amide bonds. The Morgan fingerprint density at radius 1 is 1.12 bits per heavy atom. The Balaban J connectivity index is 2.90. The molecule has 0 saturated carbocycles. The molecule has 0 aromatic heterocycles. The average molecular weight is 374 g/mol. The lowest BCUT2D eigenvalue weighted by Crippen LogP contribution is -2.46. The van der Waals surface area contributed by atoms with E-state index in [-0.39, 0.29) is 17.3 Å². The third kappa shape index (κ3) is 6.36.